The molecule has 0 aliphatic carbocycles. The maximum atomic E-state index is 5.77. The summed E-state index contributed by atoms with van der Waals surface area (Å²) in [4.78, 5) is 4.35. The van der Waals surface area contributed by atoms with Gasteiger partial charge in [-0.1, -0.05) is 12.1 Å². The molecule has 0 atom stereocenters. The van der Waals surface area contributed by atoms with Crippen molar-refractivity contribution >= 4 is 17.5 Å². The highest BCUT2D eigenvalue weighted by atomic mass is 16.5. The zero-order valence-corrected chi connectivity index (χ0v) is 13.0. The summed E-state index contributed by atoms with van der Waals surface area (Å²) in [5.74, 6) is 1.81. The van der Waals surface area contributed by atoms with Crippen LogP contribution in [-0.2, 0) is 4.74 Å². The number of aromatic nitrogens is 3. The first-order valence-corrected chi connectivity index (χ1v) is 7.14. The minimum absolute atomic E-state index is 0.0951. The van der Waals surface area contributed by atoms with Crippen molar-refractivity contribution in [3.63, 3.8) is 0 Å². The lowest BCUT2D eigenvalue weighted by Gasteiger charge is -2.15. The number of nitrogens with one attached hydrogen (secondary N) is 2. The molecule has 0 aliphatic heterocycles. The van der Waals surface area contributed by atoms with E-state index in [2.05, 4.69) is 25.8 Å². The van der Waals surface area contributed by atoms with Crippen LogP contribution in [0.25, 0.3) is 0 Å². The van der Waals surface area contributed by atoms with Gasteiger partial charge < -0.3 is 20.1 Å². The smallest absolute Gasteiger partial charge is 0.244 e. The highest BCUT2D eigenvalue weighted by molar-refractivity contribution is 5.64. The van der Waals surface area contributed by atoms with Crippen LogP contribution in [0.4, 0.5) is 17.5 Å². The third-order valence-corrected chi connectivity index (χ3v) is 2.66. The monoisotopic (exact) mass is 303 g/mol. The molecule has 2 N–H and O–H groups in total. The minimum atomic E-state index is 0.0951. The van der Waals surface area contributed by atoms with Crippen LogP contribution in [0.2, 0.25) is 0 Å². The highest BCUT2D eigenvalue weighted by Gasteiger charge is 2.07. The molecule has 7 heteroatoms. The molecule has 0 saturated carbocycles. The molecule has 0 spiro atoms. The molecule has 0 amide bonds. The zero-order valence-electron chi connectivity index (χ0n) is 13.0. The van der Waals surface area contributed by atoms with Crippen molar-refractivity contribution in [2.45, 2.75) is 20.0 Å². The van der Waals surface area contributed by atoms with E-state index >= 15 is 0 Å². The average Bonchev–Trinajstić information content (AvgIpc) is 2.49. The van der Waals surface area contributed by atoms with Crippen LogP contribution in [-0.4, -0.2) is 41.5 Å². The number of hydrogen-bond donors (Lipinski definition) is 2. The Balaban J connectivity index is 2.09. The van der Waals surface area contributed by atoms with Crippen LogP contribution in [0.15, 0.2) is 30.5 Å². The van der Waals surface area contributed by atoms with Crippen molar-refractivity contribution in [2.75, 3.05) is 30.9 Å². The molecule has 1 aromatic heterocycles. The summed E-state index contributed by atoms with van der Waals surface area (Å²) >= 11 is 0. The zero-order chi connectivity index (χ0) is 15.8. The molecule has 0 radical (unpaired) electrons. The van der Waals surface area contributed by atoms with Crippen molar-refractivity contribution in [3.05, 3.63) is 30.5 Å². The summed E-state index contributed by atoms with van der Waals surface area (Å²) in [7, 11) is 1.64. The fraction of sp³-hybridized carbons (Fsp3) is 0.400. The van der Waals surface area contributed by atoms with Gasteiger partial charge in [0.15, 0.2) is 5.82 Å². The first-order chi connectivity index (χ1) is 10.7. The van der Waals surface area contributed by atoms with Crippen molar-refractivity contribution in [3.8, 4) is 5.75 Å². The molecule has 1 heterocycles. The van der Waals surface area contributed by atoms with Gasteiger partial charge in [-0.3, -0.25) is 0 Å². The molecule has 0 aliphatic rings. The van der Waals surface area contributed by atoms with Gasteiger partial charge in [0.05, 0.1) is 24.6 Å². The Labute approximate surface area is 130 Å². The fourth-order valence-electron chi connectivity index (χ4n) is 1.77. The lowest BCUT2D eigenvalue weighted by Crippen LogP contribution is -2.12. The molecule has 22 heavy (non-hydrogen) atoms. The Morgan fingerprint density at radius 2 is 2.05 bits per heavy atom. The molecular weight excluding hydrogens is 282 g/mol. The van der Waals surface area contributed by atoms with Crippen LogP contribution in [0.5, 0.6) is 5.75 Å². The first-order valence-electron chi connectivity index (χ1n) is 7.14. The second-order valence-electron chi connectivity index (χ2n) is 4.87. The van der Waals surface area contributed by atoms with Crippen LogP contribution in [0.1, 0.15) is 13.8 Å². The number of nitrogens with zero attached hydrogens (tertiary/aromatic N) is 3. The van der Waals surface area contributed by atoms with Crippen LogP contribution in [0, 0.1) is 0 Å². The van der Waals surface area contributed by atoms with Crippen LogP contribution in [0.3, 0.4) is 0 Å². The first kappa shape index (κ1) is 16.0. The molecule has 1 aromatic carbocycles. The van der Waals surface area contributed by atoms with E-state index in [1.807, 2.05) is 38.1 Å². The van der Waals surface area contributed by atoms with E-state index in [1.165, 1.54) is 0 Å². The quantitative estimate of drug-likeness (QED) is 0.725. The van der Waals surface area contributed by atoms with Gasteiger partial charge in [0.25, 0.3) is 0 Å². The van der Waals surface area contributed by atoms with Gasteiger partial charge in [-0.15, -0.1) is 5.10 Å². The second-order valence-corrected chi connectivity index (χ2v) is 4.87. The second kappa shape index (κ2) is 8.14. The Morgan fingerprint density at radius 1 is 1.23 bits per heavy atom. The number of methoxy groups -OCH3 is 1. The van der Waals surface area contributed by atoms with Gasteiger partial charge >= 0.3 is 0 Å². The van der Waals surface area contributed by atoms with Crippen molar-refractivity contribution < 1.29 is 9.47 Å². The molecule has 0 saturated heterocycles. The molecule has 0 fully saturated rings. The molecule has 0 bridgehead atoms. The van der Waals surface area contributed by atoms with Crippen molar-refractivity contribution in [2.24, 2.45) is 0 Å². The normalized spacial score (nSPS) is 10.5. The molecule has 0 unspecified atom stereocenters. The number of rotatable bonds is 8. The SMILES string of the molecule is COCCNc1nncc(Nc2ccccc2OC(C)C)n1. The number of anilines is 3. The molecule has 2 aromatic rings. The van der Waals surface area contributed by atoms with E-state index in [1.54, 1.807) is 13.3 Å². The third kappa shape index (κ3) is 4.85. The van der Waals surface area contributed by atoms with Crippen LogP contribution >= 0.6 is 0 Å². The summed E-state index contributed by atoms with van der Waals surface area (Å²) in [6.45, 7) is 5.17. The van der Waals surface area contributed by atoms with Crippen molar-refractivity contribution in [1.29, 1.82) is 0 Å². The molecule has 118 valence electrons. The van der Waals surface area contributed by atoms with Crippen molar-refractivity contribution in [1.82, 2.24) is 15.2 Å². The Hall–Kier alpha value is -2.41. The van der Waals surface area contributed by atoms with E-state index < -0.39 is 0 Å². The minimum Gasteiger partial charge on any atom is -0.489 e. The number of benzene rings is 1. The van der Waals surface area contributed by atoms with Gasteiger partial charge in [0, 0.05) is 13.7 Å². The summed E-state index contributed by atoms with van der Waals surface area (Å²) in [5.41, 5.74) is 0.833. The van der Waals surface area contributed by atoms with Crippen LogP contribution < -0.4 is 15.4 Å². The van der Waals surface area contributed by atoms with Gasteiger partial charge in [-0.25, -0.2) is 0 Å². The van der Waals surface area contributed by atoms with Gasteiger partial charge in [-0.2, -0.15) is 10.1 Å². The summed E-state index contributed by atoms with van der Waals surface area (Å²) in [6.07, 6.45) is 1.66. The average molecular weight is 303 g/mol. The largest absolute Gasteiger partial charge is 0.489 e. The number of ether oxygens (including phenoxy) is 2. The topological polar surface area (TPSA) is 81.2 Å². The van der Waals surface area contributed by atoms with E-state index in [0.29, 0.717) is 24.9 Å². The lowest BCUT2D eigenvalue weighted by molar-refractivity contribution is 0.210. The summed E-state index contributed by atoms with van der Waals surface area (Å²) in [6, 6.07) is 7.70. The number of hydrogen-bond acceptors (Lipinski definition) is 7. The van der Waals surface area contributed by atoms with E-state index in [-0.39, 0.29) is 6.10 Å². The van der Waals surface area contributed by atoms with Gasteiger partial charge in [-0.05, 0) is 26.0 Å². The van der Waals surface area contributed by atoms with Gasteiger partial charge in [0.1, 0.15) is 5.75 Å². The molecule has 7 nitrogen and oxygen atoms in total. The predicted octanol–water partition coefficient (Wildman–Crippen LogP) is 2.46. The summed E-state index contributed by atoms with van der Waals surface area (Å²) < 4.78 is 10.7. The standard InChI is InChI=1S/C15H21N5O2/c1-11(2)22-13-7-5-4-6-12(13)18-14-10-17-20-15(19-14)16-8-9-21-3/h4-7,10-11H,8-9H2,1-3H3,(H2,16,18,19,20). The van der Waals surface area contributed by atoms with E-state index in [4.69, 9.17) is 9.47 Å². The van der Waals surface area contributed by atoms with Gasteiger partial charge in [0.2, 0.25) is 5.95 Å². The summed E-state index contributed by atoms with van der Waals surface area (Å²) in [5, 5.41) is 14.1. The van der Waals surface area contributed by atoms with E-state index in [0.717, 1.165) is 11.4 Å². The predicted molar refractivity (Wildman–Crippen MR) is 85.7 cm³/mol. The maximum absolute atomic E-state index is 5.77. The fourth-order valence-corrected chi connectivity index (χ4v) is 1.77. The number of para-hydroxylation sites is 2. The van der Waals surface area contributed by atoms with E-state index in [9.17, 15) is 0 Å². The Bertz CT molecular complexity index is 592. The molecule has 2 rings (SSSR count). The third-order valence-electron chi connectivity index (χ3n) is 2.66. The molecular formula is C15H21N5O2. The lowest BCUT2D eigenvalue weighted by atomic mass is 10.3. The maximum Gasteiger partial charge on any atom is 0.244 e. The highest BCUT2D eigenvalue weighted by Crippen LogP contribution is 2.27. The Kier molecular flexibility index (Phi) is 5.91. The Morgan fingerprint density at radius 3 is 2.82 bits per heavy atom.